The number of carbonyl (C=O) groups is 2. The second-order valence-electron chi connectivity index (χ2n) is 9.47. The first-order valence-corrected chi connectivity index (χ1v) is 10.9. The van der Waals surface area contributed by atoms with Crippen molar-refractivity contribution in [2.24, 2.45) is 23.2 Å². The fraction of sp³-hybridized carbons (Fsp3) is 0.818. The number of rotatable bonds is 5. The maximum Gasteiger partial charge on any atom is 0.333 e. The molecule has 11 atom stereocenters. The molecule has 182 valence electrons. The van der Waals surface area contributed by atoms with E-state index in [0.29, 0.717) is 12.8 Å². The molecule has 1 heterocycles. The lowest BCUT2D eigenvalue weighted by molar-refractivity contribution is -0.326. The molecule has 0 radical (unpaired) electrons. The van der Waals surface area contributed by atoms with Crippen LogP contribution in [-0.4, -0.2) is 93.9 Å². The molecular weight excluding hydrogens is 424 g/mol. The summed E-state index contributed by atoms with van der Waals surface area (Å²) in [5.41, 5.74) is -0.558. The molecule has 2 saturated carbocycles. The van der Waals surface area contributed by atoms with Crippen LogP contribution < -0.4 is 0 Å². The van der Waals surface area contributed by atoms with Crippen molar-refractivity contribution < 1.29 is 49.3 Å². The lowest BCUT2D eigenvalue weighted by atomic mass is 9.52. The second-order valence-corrected chi connectivity index (χ2v) is 9.47. The molecule has 6 unspecified atom stereocenters. The van der Waals surface area contributed by atoms with Gasteiger partial charge in [-0.15, -0.1) is 0 Å². The van der Waals surface area contributed by atoms with Crippen LogP contribution in [0, 0.1) is 23.2 Å². The summed E-state index contributed by atoms with van der Waals surface area (Å²) in [6.07, 6.45) is -8.11. The highest BCUT2D eigenvalue weighted by Crippen LogP contribution is 2.55. The molecule has 10 nitrogen and oxygen atoms in total. The van der Waals surface area contributed by atoms with Crippen LogP contribution in [0.4, 0.5) is 0 Å². The molecule has 1 saturated heterocycles. The smallest absolute Gasteiger partial charge is 0.333 e. The van der Waals surface area contributed by atoms with E-state index in [0.717, 1.165) is 0 Å². The highest BCUT2D eigenvalue weighted by Gasteiger charge is 2.59. The Morgan fingerprint density at radius 1 is 1.19 bits per heavy atom. The summed E-state index contributed by atoms with van der Waals surface area (Å²) in [5.74, 6) is -2.38. The van der Waals surface area contributed by atoms with E-state index in [1.165, 1.54) is 7.11 Å². The first kappa shape index (κ1) is 25.2. The van der Waals surface area contributed by atoms with Gasteiger partial charge in [-0.25, -0.2) is 4.79 Å². The maximum absolute atomic E-state index is 12.8. The molecule has 3 fully saturated rings. The van der Waals surface area contributed by atoms with Crippen LogP contribution in [-0.2, 0) is 23.8 Å². The van der Waals surface area contributed by atoms with E-state index in [1.807, 2.05) is 6.92 Å². The van der Waals surface area contributed by atoms with Gasteiger partial charge in [0.15, 0.2) is 6.29 Å². The Hall–Kier alpha value is -1.40. The number of aliphatic hydroxyl groups excluding tert-OH is 5. The number of methoxy groups -OCH3 is 1. The highest BCUT2D eigenvalue weighted by molar-refractivity contribution is 5.88. The van der Waals surface area contributed by atoms with E-state index in [2.05, 4.69) is 6.58 Å². The maximum atomic E-state index is 12.8. The summed E-state index contributed by atoms with van der Waals surface area (Å²) >= 11 is 0. The molecule has 2 aliphatic carbocycles. The number of ketones is 1. The van der Waals surface area contributed by atoms with Crippen molar-refractivity contribution in [1.29, 1.82) is 0 Å². The van der Waals surface area contributed by atoms with Crippen LogP contribution in [0.25, 0.3) is 0 Å². The summed E-state index contributed by atoms with van der Waals surface area (Å²) in [5, 5.41) is 51.0. The number of carbonyl (C=O) groups excluding carboxylic acids is 2. The third-order valence-electron chi connectivity index (χ3n) is 7.75. The number of ether oxygens (including phenoxy) is 3. The average Bonchev–Trinajstić information content (AvgIpc) is 2.76. The van der Waals surface area contributed by atoms with Gasteiger partial charge in [0.2, 0.25) is 0 Å². The molecule has 3 rings (SSSR count). The van der Waals surface area contributed by atoms with E-state index < -0.39 is 78.7 Å². The van der Waals surface area contributed by atoms with E-state index in [-0.39, 0.29) is 17.8 Å². The van der Waals surface area contributed by atoms with Gasteiger partial charge in [-0.3, -0.25) is 4.79 Å². The van der Waals surface area contributed by atoms with E-state index >= 15 is 0 Å². The van der Waals surface area contributed by atoms with Crippen LogP contribution in [0.1, 0.15) is 33.1 Å². The summed E-state index contributed by atoms with van der Waals surface area (Å²) in [6.45, 7) is 6.81. The molecule has 5 N–H and O–H groups in total. The van der Waals surface area contributed by atoms with Crippen molar-refractivity contribution >= 4 is 11.8 Å². The summed E-state index contributed by atoms with van der Waals surface area (Å²) in [4.78, 5) is 24.8. The van der Waals surface area contributed by atoms with Gasteiger partial charge < -0.3 is 39.7 Å². The second kappa shape index (κ2) is 9.46. The van der Waals surface area contributed by atoms with Crippen LogP contribution in [0.15, 0.2) is 12.2 Å². The predicted octanol–water partition coefficient (Wildman–Crippen LogP) is -1.10. The van der Waals surface area contributed by atoms with Crippen molar-refractivity contribution in [2.75, 3.05) is 13.7 Å². The normalized spacial score (nSPS) is 46.9. The fourth-order valence-electron chi connectivity index (χ4n) is 5.70. The fourth-order valence-corrected chi connectivity index (χ4v) is 5.70. The van der Waals surface area contributed by atoms with Crippen molar-refractivity contribution in [3.05, 3.63) is 12.2 Å². The van der Waals surface area contributed by atoms with Crippen molar-refractivity contribution in [3.63, 3.8) is 0 Å². The van der Waals surface area contributed by atoms with Gasteiger partial charge in [-0.1, -0.05) is 20.4 Å². The van der Waals surface area contributed by atoms with Gasteiger partial charge in [0, 0.05) is 35.2 Å². The van der Waals surface area contributed by atoms with Gasteiger partial charge in [-0.05, 0) is 12.8 Å². The number of aliphatic hydroxyl groups is 5. The van der Waals surface area contributed by atoms with Gasteiger partial charge in [0.05, 0.1) is 25.9 Å². The van der Waals surface area contributed by atoms with E-state index in [4.69, 9.17) is 14.2 Å². The summed E-state index contributed by atoms with van der Waals surface area (Å²) in [7, 11) is 1.24. The molecule has 0 aromatic carbocycles. The van der Waals surface area contributed by atoms with Crippen molar-refractivity contribution in [1.82, 2.24) is 0 Å². The van der Waals surface area contributed by atoms with Gasteiger partial charge in [0.1, 0.15) is 30.2 Å². The summed E-state index contributed by atoms with van der Waals surface area (Å²) < 4.78 is 16.2. The minimum absolute atomic E-state index is 0.0124. The molecule has 3 aliphatic rings. The minimum Gasteiger partial charge on any atom is -0.466 e. The zero-order valence-electron chi connectivity index (χ0n) is 18.6. The molecule has 1 aliphatic heterocycles. The zero-order chi connectivity index (χ0) is 24.0. The van der Waals surface area contributed by atoms with Crippen molar-refractivity contribution in [2.45, 2.75) is 76.0 Å². The zero-order valence-corrected chi connectivity index (χ0v) is 18.6. The van der Waals surface area contributed by atoms with Crippen molar-refractivity contribution in [3.8, 4) is 0 Å². The molecule has 0 amide bonds. The van der Waals surface area contributed by atoms with Crippen LogP contribution >= 0.6 is 0 Å². The first-order chi connectivity index (χ1) is 15.0. The Morgan fingerprint density at radius 3 is 2.44 bits per heavy atom. The Balaban J connectivity index is 1.86. The molecular formula is C22H34O10. The third kappa shape index (κ3) is 4.13. The Kier molecular flexibility index (Phi) is 7.45. The van der Waals surface area contributed by atoms with Crippen LogP contribution in [0.3, 0.4) is 0 Å². The number of hydrogen-bond acceptors (Lipinski definition) is 10. The van der Waals surface area contributed by atoms with E-state index in [1.54, 1.807) is 6.92 Å². The number of esters is 1. The highest BCUT2D eigenvalue weighted by atomic mass is 16.7. The van der Waals surface area contributed by atoms with E-state index in [9.17, 15) is 35.1 Å². The quantitative estimate of drug-likeness (QED) is 0.252. The van der Waals surface area contributed by atoms with Gasteiger partial charge in [0.25, 0.3) is 0 Å². The SMILES string of the molecule is C=C(C(=O)OC)C1CCC2(C)C(O[C@@H]3O[C@H](CO)[C@@H](O)[C@H](O)[C@H]3O)CC(=O)C(C)C2C1O. The monoisotopic (exact) mass is 458 g/mol. The molecule has 0 bridgehead atoms. The summed E-state index contributed by atoms with van der Waals surface area (Å²) in [6, 6.07) is 0. The molecule has 0 spiro atoms. The standard InChI is InChI=1S/C22H34O10/c1-9(20(29)30-4)11-5-6-22(3)14(7-12(24)10(2)15(22)16(11)25)32-21-19(28)18(27)17(26)13(8-23)31-21/h10-11,13-19,21,23,25-28H,1,5-8H2,2-4H3/t10?,11?,13-,14?,15?,16?,17-,18+,19-,21+,22?/m1/s1. The number of fused-ring (bicyclic) bond motifs is 1. The molecule has 0 aromatic heterocycles. The predicted molar refractivity (Wildman–Crippen MR) is 109 cm³/mol. The average molecular weight is 459 g/mol. The lowest BCUT2D eigenvalue weighted by Gasteiger charge is -2.56. The first-order valence-electron chi connectivity index (χ1n) is 10.9. The molecule has 0 aromatic rings. The molecule has 32 heavy (non-hydrogen) atoms. The van der Waals surface area contributed by atoms with Gasteiger partial charge in [-0.2, -0.15) is 0 Å². The topological polar surface area (TPSA) is 163 Å². The number of Topliss-reactive ketones (excluding diaryl/α,β-unsaturated/α-hetero) is 1. The lowest BCUT2D eigenvalue weighted by Crippen LogP contribution is -2.63. The Labute approximate surface area is 186 Å². The van der Waals surface area contributed by atoms with Crippen LogP contribution in [0.2, 0.25) is 0 Å². The Bertz CT molecular complexity index is 738. The third-order valence-corrected chi connectivity index (χ3v) is 7.75. The Morgan fingerprint density at radius 2 is 1.84 bits per heavy atom. The van der Waals surface area contributed by atoms with Gasteiger partial charge >= 0.3 is 5.97 Å². The molecule has 10 heteroatoms. The number of hydrogen-bond donors (Lipinski definition) is 5. The van der Waals surface area contributed by atoms with Crippen LogP contribution in [0.5, 0.6) is 0 Å². The minimum atomic E-state index is -1.60. The largest absolute Gasteiger partial charge is 0.466 e.